The van der Waals surface area contributed by atoms with Crippen molar-refractivity contribution >= 4 is 23.1 Å². The van der Waals surface area contributed by atoms with Crippen LogP contribution in [0.5, 0.6) is 17.2 Å². The van der Waals surface area contributed by atoms with Crippen LogP contribution in [-0.4, -0.2) is 38.7 Å². The smallest absolute Gasteiger partial charge is 0.277 e. The molecule has 5 rings (SSSR count). The lowest BCUT2D eigenvalue weighted by Crippen LogP contribution is -2.46. The molecule has 1 amide bonds. The summed E-state index contributed by atoms with van der Waals surface area (Å²) in [4.78, 5) is 33.5. The maximum Gasteiger partial charge on any atom is 0.277 e. The minimum Gasteiger partial charge on any atom is -0.497 e. The van der Waals surface area contributed by atoms with Gasteiger partial charge in [0.15, 0.2) is 5.78 Å². The van der Waals surface area contributed by atoms with Crippen molar-refractivity contribution in [3.63, 3.8) is 0 Å². The van der Waals surface area contributed by atoms with Gasteiger partial charge in [-0.15, -0.1) is 0 Å². The normalized spacial score (nSPS) is 20.3. The number of nitrogens with zero attached hydrogens (tertiary/aromatic N) is 1. The van der Waals surface area contributed by atoms with E-state index in [-0.39, 0.29) is 11.3 Å². The zero-order valence-electron chi connectivity index (χ0n) is 18.8. The van der Waals surface area contributed by atoms with E-state index in [1.807, 2.05) is 6.07 Å². The molecular formula is C26H22N2O6. The Bertz CT molecular complexity index is 1320. The second-order valence-electron chi connectivity index (χ2n) is 7.90. The highest BCUT2D eigenvalue weighted by Gasteiger charge is 2.63. The monoisotopic (exact) mass is 458 g/mol. The Kier molecular flexibility index (Phi) is 5.20. The van der Waals surface area contributed by atoms with Gasteiger partial charge in [-0.05, 0) is 42.5 Å². The Labute approximate surface area is 196 Å². The van der Waals surface area contributed by atoms with Crippen LogP contribution in [0.4, 0.5) is 5.69 Å². The molecule has 34 heavy (non-hydrogen) atoms. The molecule has 2 atom stereocenters. The van der Waals surface area contributed by atoms with E-state index < -0.39 is 17.4 Å². The predicted octanol–water partition coefficient (Wildman–Crippen LogP) is 3.79. The number of carbonyl (C=O) groups excluding carboxylic acids is 2. The van der Waals surface area contributed by atoms with Crippen LogP contribution in [0.25, 0.3) is 0 Å². The van der Waals surface area contributed by atoms with E-state index in [4.69, 9.17) is 19.0 Å². The SMILES string of the molecule is COc1ccc(C2=NO[C@]3(C(=O)Nc4ccccc43)[C@@H]2C(=O)c2ccc(OC)cc2OC)cc1. The molecule has 1 spiro atoms. The maximum atomic E-state index is 14.2. The van der Waals surface area contributed by atoms with Crippen molar-refractivity contribution in [1.29, 1.82) is 0 Å². The zero-order chi connectivity index (χ0) is 23.9. The number of benzene rings is 3. The highest BCUT2D eigenvalue weighted by atomic mass is 16.7. The average molecular weight is 458 g/mol. The number of ether oxygens (including phenoxy) is 3. The van der Waals surface area contributed by atoms with E-state index in [9.17, 15) is 9.59 Å². The van der Waals surface area contributed by atoms with E-state index in [2.05, 4.69) is 10.5 Å². The molecule has 172 valence electrons. The van der Waals surface area contributed by atoms with E-state index in [0.717, 1.165) is 0 Å². The number of para-hydroxylation sites is 1. The second-order valence-corrected chi connectivity index (χ2v) is 7.90. The Morgan fingerprint density at radius 1 is 0.941 bits per heavy atom. The van der Waals surface area contributed by atoms with Crippen LogP contribution in [0.1, 0.15) is 21.5 Å². The molecule has 0 radical (unpaired) electrons. The van der Waals surface area contributed by atoms with Gasteiger partial charge in [-0.25, -0.2) is 0 Å². The second kappa shape index (κ2) is 8.22. The summed E-state index contributed by atoms with van der Waals surface area (Å²) in [7, 11) is 4.58. The molecule has 0 bridgehead atoms. The summed E-state index contributed by atoms with van der Waals surface area (Å²) >= 11 is 0. The number of hydrogen-bond donors (Lipinski definition) is 1. The molecule has 3 aromatic rings. The molecule has 2 heterocycles. The molecule has 0 aromatic heterocycles. The molecule has 8 heteroatoms. The van der Waals surface area contributed by atoms with Crippen LogP contribution in [0.3, 0.4) is 0 Å². The molecule has 0 saturated carbocycles. The molecule has 0 unspecified atom stereocenters. The fourth-order valence-electron chi connectivity index (χ4n) is 4.50. The molecule has 0 saturated heterocycles. The number of ketones is 1. The van der Waals surface area contributed by atoms with Crippen molar-refractivity contribution in [2.45, 2.75) is 5.60 Å². The third-order valence-corrected chi connectivity index (χ3v) is 6.20. The molecule has 2 aliphatic rings. The fourth-order valence-corrected chi connectivity index (χ4v) is 4.50. The van der Waals surface area contributed by atoms with E-state index in [1.165, 1.54) is 14.2 Å². The summed E-state index contributed by atoms with van der Waals surface area (Å²) in [6.45, 7) is 0. The number of fused-ring (bicyclic) bond motifs is 2. The van der Waals surface area contributed by atoms with Crippen LogP contribution in [0, 0.1) is 5.92 Å². The Balaban J connectivity index is 1.68. The Morgan fingerprint density at radius 3 is 2.35 bits per heavy atom. The van der Waals surface area contributed by atoms with Crippen molar-refractivity contribution < 1.29 is 28.6 Å². The zero-order valence-corrected chi connectivity index (χ0v) is 18.8. The Hall–Kier alpha value is -4.33. The van der Waals surface area contributed by atoms with Crippen LogP contribution >= 0.6 is 0 Å². The van der Waals surface area contributed by atoms with Gasteiger partial charge in [0.1, 0.15) is 28.9 Å². The standard InChI is InChI=1S/C26H22N2O6/c1-31-16-10-8-15(9-11-16)23-22(24(29)18-13-12-17(32-2)14-21(18)33-3)26(34-28-23)19-6-4-5-7-20(19)27-25(26)30/h4-14,22H,1-3H3,(H,27,30)/t22-,26-/m0/s1. The topological polar surface area (TPSA) is 95.5 Å². The van der Waals surface area contributed by atoms with Gasteiger partial charge in [0.2, 0.25) is 0 Å². The average Bonchev–Trinajstić information content (AvgIpc) is 3.42. The van der Waals surface area contributed by atoms with E-state index in [1.54, 1.807) is 67.8 Å². The summed E-state index contributed by atoms with van der Waals surface area (Å²) in [5.74, 6) is -0.357. The quantitative estimate of drug-likeness (QED) is 0.565. The van der Waals surface area contributed by atoms with Crippen molar-refractivity contribution in [3.8, 4) is 17.2 Å². The van der Waals surface area contributed by atoms with Crippen LogP contribution in [0.15, 0.2) is 71.9 Å². The first-order valence-electron chi connectivity index (χ1n) is 10.6. The van der Waals surface area contributed by atoms with Crippen LogP contribution in [0.2, 0.25) is 0 Å². The molecule has 0 aliphatic carbocycles. The van der Waals surface area contributed by atoms with Crippen molar-refractivity contribution in [2.24, 2.45) is 11.1 Å². The van der Waals surface area contributed by atoms with Crippen LogP contribution in [-0.2, 0) is 15.2 Å². The number of anilines is 1. The lowest BCUT2D eigenvalue weighted by molar-refractivity contribution is -0.140. The highest BCUT2D eigenvalue weighted by Crippen LogP contribution is 2.50. The van der Waals surface area contributed by atoms with E-state index in [0.29, 0.717) is 39.8 Å². The number of rotatable bonds is 6. The van der Waals surface area contributed by atoms with Gasteiger partial charge in [0, 0.05) is 22.9 Å². The third kappa shape index (κ3) is 3.10. The summed E-state index contributed by atoms with van der Waals surface area (Å²) in [5, 5.41) is 7.13. The molecule has 2 aliphatic heterocycles. The minimum absolute atomic E-state index is 0.288. The minimum atomic E-state index is -1.64. The summed E-state index contributed by atoms with van der Waals surface area (Å²) in [5.41, 5.74) is 0.763. The largest absolute Gasteiger partial charge is 0.497 e. The van der Waals surface area contributed by atoms with Gasteiger partial charge in [-0.2, -0.15) is 0 Å². The molecule has 0 fully saturated rings. The first kappa shape index (κ1) is 21.5. The van der Waals surface area contributed by atoms with Gasteiger partial charge < -0.3 is 24.4 Å². The molecule has 3 aromatic carbocycles. The molecule has 8 nitrogen and oxygen atoms in total. The molecular weight excluding hydrogens is 436 g/mol. The van der Waals surface area contributed by atoms with Gasteiger partial charge >= 0.3 is 0 Å². The number of hydrogen-bond acceptors (Lipinski definition) is 7. The number of nitrogens with one attached hydrogen (secondary N) is 1. The third-order valence-electron chi connectivity index (χ3n) is 6.20. The van der Waals surface area contributed by atoms with Crippen molar-refractivity contribution in [2.75, 3.05) is 26.6 Å². The first-order chi connectivity index (χ1) is 16.5. The lowest BCUT2D eigenvalue weighted by Gasteiger charge is -2.27. The van der Waals surface area contributed by atoms with Gasteiger partial charge in [0.05, 0.1) is 26.9 Å². The fraction of sp³-hybridized carbons (Fsp3) is 0.192. The number of methoxy groups -OCH3 is 3. The number of carbonyl (C=O) groups is 2. The highest BCUT2D eigenvalue weighted by molar-refractivity contribution is 6.25. The first-order valence-corrected chi connectivity index (χ1v) is 10.6. The number of Topliss-reactive ketones (excluding diaryl/α,β-unsaturated/α-hetero) is 1. The van der Waals surface area contributed by atoms with E-state index >= 15 is 0 Å². The number of amides is 1. The Morgan fingerprint density at radius 2 is 1.65 bits per heavy atom. The lowest BCUT2D eigenvalue weighted by atomic mass is 9.74. The summed E-state index contributed by atoms with van der Waals surface area (Å²) in [6.07, 6.45) is 0. The molecule has 1 N–H and O–H groups in total. The van der Waals surface area contributed by atoms with Crippen LogP contribution < -0.4 is 19.5 Å². The number of oxime groups is 1. The summed E-state index contributed by atoms with van der Waals surface area (Å²) < 4.78 is 16.0. The van der Waals surface area contributed by atoms with Gasteiger partial charge in [0.25, 0.3) is 11.5 Å². The maximum absolute atomic E-state index is 14.2. The van der Waals surface area contributed by atoms with Gasteiger partial charge in [-0.3, -0.25) is 9.59 Å². The van der Waals surface area contributed by atoms with Gasteiger partial charge in [-0.1, -0.05) is 23.4 Å². The summed E-state index contributed by atoms with van der Waals surface area (Å²) in [6, 6.07) is 19.2. The predicted molar refractivity (Wildman–Crippen MR) is 125 cm³/mol. The van der Waals surface area contributed by atoms with Crippen molar-refractivity contribution in [1.82, 2.24) is 0 Å². The van der Waals surface area contributed by atoms with Crippen molar-refractivity contribution in [3.05, 3.63) is 83.4 Å².